The van der Waals surface area contributed by atoms with E-state index in [0.717, 1.165) is 32.8 Å². The molecule has 0 unspecified atom stereocenters. The van der Waals surface area contributed by atoms with E-state index in [1.807, 2.05) is 0 Å². The van der Waals surface area contributed by atoms with Crippen LogP contribution in [0.1, 0.15) is 10.4 Å². The lowest BCUT2D eigenvalue weighted by molar-refractivity contribution is 0.0315. The minimum atomic E-state index is -0.0974. The van der Waals surface area contributed by atoms with Crippen molar-refractivity contribution in [3.8, 4) is 0 Å². The van der Waals surface area contributed by atoms with Crippen molar-refractivity contribution < 1.29 is 14.6 Å². The van der Waals surface area contributed by atoms with Crippen LogP contribution in [0.25, 0.3) is 0 Å². The van der Waals surface area contributed by atoms with Gasteiger partial charge in [0.15, 0.2) is 0 Å². The Morgan fingerprint density at radius 3 is 2.76 bits per heavy atom. The summed E-state index contributed by atoms with van der Waals surface area (Å²) >= 11 is 5.93. The van der Waals surface area contributed by atoms with Gasteiger partial charge in [-0.05, 0) is 18.2 Å². The van der Waals surface area contributed by atoms with E-state index in [1.165, 1.54) is 0 Å². The maximum atomic E-state index is 12.5. The zero-order valence-corrected chi connectivity index (χ0v) is 12.8. The van der Waals surface area contributed by atoms with Gasteiger partial charge >= 0.3 is 0 Å². The second kappa shape index (κ2) is 8.34. The van der Waals surface area contributed by atoms with Crippen LogP contribution in [0, 0.1) is 0 Å². The van der Waals surface area contributed by atoms with Crippen LogP contribution in [-0.2, 0) is 4.74 Å². The number of morpholine rings is 1. The number of amides is 1. The molecule has 116 valence electrons. The molecular formula is C15H21ClN2O3. The summed E-state index contributed by atoms with van der Waals surface area (Å²) in [6.07, 6.45) is 0. The molecule has 0 bridgehead atoms. The first-order valence-electron chi connectivity index (χ1n) is 7.16. The third kappa shape index (κ3) is 4.97. The third-order valence-electron chi connectivity index (χ3n) is 3.52. The van der Waals surface area contributed by atoms with Gasteiger partial charge in [-0.2, -0.15) is 0 Å². The van der Waals surface area contributed by atoms with Crippen LogP contribution in [0.5, 0.6) is 0 Å². The summed E-state index contributed by atoms with van der Waals surface area (Å²) in [4.78, 5) is 16.4. The van der Waals surface area contributed by atoms with Crippen molar-refractivity contribution >= 4 is 17.5 Å². The van der Waals surface area contributed by atoms with E-state index in [1.54, 1.807) is 29.2 Å². The Hall–Kier alpha value is -1.14. The highest BCUT2D eigenvalue weighted by atomic mass is 35.5. The van der Waals surface area contributed by atoms with Crippen LogP contribution in [0.2, 0.25) is 5.02 Å². The van der Waals surface area contributed by atoms with E-state index in [9.17, 15) is 9.90 Å². The summed E-state index contributed by atoms with van der Waals surface area (Å²) in [7, 11) is 0. The van der Waals surface area contributed by atoms with E-state index in [4.69, 9.17) is 16.3 Å². The lowest BCUT2D eigenvalue weighted by atomic mass is 10.2. The molecule has 0 atom stereocenters. The summed E-state index contributed by atoms with van der Waals surface area (Å²) < 4.78 is 5.31. The Morgan fingerprint density at radius 2 is 2.10 bits per heavy atom. The fourth-order valence-corrected chi connectivity index (χ4v) is 2.52. The van der Waals surface area contributed by atoms with Crippen LogP contribution in [0.15, 0.2) is 24.3 Å². The number of carbonyl (C=O) groups is 1. The molecule has 0 aromatic heterocycles. The van der Waals surface area contributed by atoms with E-state index in [-0.39, 0.29) is 12.5 Å². The van der Waals surface area contributed by atoms with Gasteiger partial charge in [0.25, 0.3) is 5.91 Å². The smallest absolute Gasteiger partial charge is 0.254 e. The molecule has 0 aliphatic carbocycles. The van der Waals surface area contributed by atoms with Gasteiger partial charge in [-0.3, -0.25) is 9.69 Å². The van der Waals surface area contributed by atoms with Crippen molar-refractivity contribution in [3.05, 3.63) is 34.9 Å². The van der Waals surface area contributed by atoms with Crippen molar-refractivity contribution in [3.63, 3.8) is 0 Å². The van der Waals surface area contributed by atoms with Crippen LogP contribution in [0.4, 0.5) is 0 Å². The minimum Gasteiger partial charge on any atom is -0.395 e. The molecule has 1 aromatic carbocycles. The highest BCUT2D eigenvalue weighted by Crippen LogP contribution is 2.13. The van der Waals surface area contributed by atoms with Gasteiger partial charge < -0.3 is 14.7 Å². The Labute approximate surface area is 130 Å². The van der Waals surface area contributed by atoms with Gasteiger partial charge in [-0.1, -0.05) is 17.7 Å². The molecule has 0 radical (unpaired) electrons. The summed E-state index contributed by atoms with van der Waals surface area (Å²) in [5.41, 5.74) is 0.554. The Morgan fingerprint density at radius 1 is 1.33 bits per heavy atom. The van der Waals surface area contributed by atoms with Gasteiger partial charge in [-0.15, -0.1) is 0 Å². The van der Waals surface area contributed by atoms with Crippen molar-refractivity contribution in [2.24, 2.45) is 0 Å². The van der Waals surface area contributed by atoms with Gasteiger partial charge in [-0.25, -0.2) is 0 Å². The van der Waals surface area contributed by atoms with Crippen molar-refractivity contribution in [1.29, 1.82) is 0 Å². The van der Waals surface area contributed by atoms with Crippen LogP contribution in [0.3, 0.4) is 0 Å². The maximum Gasteiger partial charge on any atom is 0.254 e. The number of aliphatic hydroxyl groups excluding tert-OH is 1. The van der Waals surface area contributed by atoms with E-state index >= 15 is 0 Å². The molecule has 0 spiro atoms. The second-order valence-electron chi connectivity index (χ2n) is 4.98. The molecule has 21 heavy (non-hydrogen) atoms. The Balaban J connectivity index is 1.95. The lowest BCUT2D eigenvalue weighted by Gasteiger charge is -2.30. The normalized spacial score (nSPS) is 15.9. The lowest BCUT2D eigenvalue weighted by Crippen LogP contribution is -2.43. The zero-order chi connectivity index (χ0) is 15.1. The van der Waals surface area contributed by atoms with Gasteiger partial charge in [0.2, 0.25) is 0 Å². The quantitative estimate of drug-likeness (QED) is 0.855. The number of nitrogens with zero attached hydrogens (tertiary/aromatic N) is 2. The summed E-state index contributed by atoms with van der Waals surface area (Å²) in [5.74, 6) is -0.0974. The first-order chi connectivity index (χ1) is 10.2. The first kappa shape index (κ1) is 16.2. The molecule has 1 N–H and O–H groups in total. The standard InChI is InChI=1S/C15H21ClN2O3/c16-14-3-1-2-13(12-14)15(20)18(6-9-19)5-4-17-7-10-21-11-8-17/h1-3,12,19H,4-11H2. The number of ether oxygens (including phenoxy) is 1. The van der Waals surface area contributed by atoms with Gasteiger partial charge in [0.05, 0.1) is 19.8 Å². The summed E-state index contributed by atoms with van der Waals surface area (Å²) in [6, 6.07) is 6.90. The topological polar surface area (TPSA) is 53.0 Å². The van der Waals surface area contributed by atoms with Gasteiger partial charge in [0.1, 0.15) is 0 Å². The molecular weight excluding hydrogens is 292 g/mol. The highest BCUT2D eigenvalue weighted by molar-refractivity contribution is 6.30. The summed E-state index contributed by atoms with van der Waals surface area (Å²) in [6.45, 7) is 4.91. The molecule has 1 aliphatic rings. The largest absolute Gasteiger partial charge is 0.395 e. The molecule has 5 nitrogen and oxygen atoms in total. The van der Waals surface area contributed by atoms with Crippen LogP contribution < -0.4 is 0 Å². The van der Waals surface area contributed by atoms with E-state index in [2.05, 4.69) is 4.90 Å². The Bertz CT molecular complexity index is 464. The van der Waals surface area contributed by atoms with E-state index < -0.39 is 0 Å². The molecule has 1 amide bonds. The fourth-order valence-electron chi connectivity index (χ4n) is 2.33. The number of aliphatic hydroxyl groups is 1. The number of hydrogen-bond acceptors (Lipinski definition) is 4. The number of hydrogen-bond donors (Lipinski definition) is 1. The average Bonchev–Trinajstić information content (AvgIpc) is 2.52. The number of rotatable bonds is 6. The predicted octanol–water partition coefficient (Wildman–Crippen LogP) is 1.11. The van der Waals surface area contributed by atoms with E-state index in [0.29, 0.717) is 23.7 Å². The SMILES string of the molecule is O=C(c1cccc(Cl)c1)N(CCO)CCN1CCOCC1. The fraction of sp³-hybridized carbons (Fsp3) is 0.533. The van der Waals surface area contributed by atoms with Crippen molar-refractivity contribution in [2.75, 3.05) is 52.5 Å². The molecule has 2 rings (SSSR count). The first-order valence-corrected chi connectivity index (χ1v) is 7.54. The average molecular weight is 313 g/mol. The molecule has 1 aliphatic heterocycles. The molecule has 1 heterocycles. The third-order valence-corrected chi connectivity index (χ3v) is 3.75. The van der Waals surface area contributed by atoms with Gasteiger partial charge in [0, 0.05) is 43.3 Å². The molecule has 1 aromatic rings. The highest BCUT2D eigenvalue weighted by Gasteiger charge is 2.17. The zero-order valence-electron chi connectivity index (χ0n) is 12.0. The van der Waals surface area contributed by atoms with Crippen LogP contribution in [-0.4, -0.2) is 73.4 Å². The number of halogens is 1. The van der Waals surface area contributed by atoms with Crippen LogP contribution >= 0.6 is 11.6 Å². The molecule has 1 fully saturated rings. The second-order valence-corrected chi connectivity index (χ2v) is 5.42. The number of carbonyl (C=O) groups excluding carboxylic acids is 1. The van der Waals surface area contributed by atoms with Crippen molar-refractivity contribution in [2.45, 2.75) is 0 Å². The minimum absolute atomic E-state index is 0.0462. The predicted molar refractivity (Wildman–Crippen MR) is 81.7 cm³/mol. The number of benzene rings is 1. The maximum absolute atomic E-state index is 12.5. The van der Waals surface area contributed by atoms with Crippen molar-refractivity contribution in [1.82, 2.24) is 9.80 Å². The molecule has 1 saturated heterocycles. The molecule has 0 saturated carbocycles. The summed E-state index contributed by atoms with van der Waals surface area (Å²) in [5, 5.41) is 9.71. The monoisotopic (exact) mass is 312 g/mol. The molecule has 6 heteroatoms. The Kier molecular flexibility index (Phi) is 6.45.